The first kappa shape index (κ1) is 14.3. The average Bonchev–Trinajstić information content (AvgIpc) is 2.82. The first-order valence-corrected chi connectivity index (χ1v) is 6.98. The molecule has 0 fully saturated rings. The van der Waals surface area contributed by atoms with E-state index in [9.17, 15) is 9.59 Å². The number of benzene rings is 1. The first-order valence-electron chi connectivity index (χ1n) is 6.98. The Morgan fingerprint density at radius 2 is 2.20 bits per heavy atom. The number of hydrogen-bond acceptors (Lipinski definition) is 2. The summed E-state index contributed by atoms with van der Waals surface area (Å²) in [6.07, 6.45) is 4.69. The van der Waals surface area contributed by atoms with Gasteiger partial charge < -0.3 is 9.88 Å². The highest BCUT2D eigenvalue weighted by Crippen LogP contribution is 2.19. The quantitative estimate of drug-likeness (QED) is 0.822. The molecule has 1 heterocycles. The van der Waals surface area contributed by atoms with Crippen molar-refractivity contribution >= 4 is 23.1 Å². The SMILES string of the molecule is CCCC(C)NC(=O)Cn1ccc2cccc(C=O)c21. The van der Waals surface area contributed by atoms with E-state index in [4.69, 9.17) is 0 Å². The summed E-state index contributed by atoms with van der Waals surface area (Å²) < 4.78 is 1.83. The van der Waals surface area contributed by atoms with Crippen LogP contribution >= 0.6 is 0 Å². The highest BCUT2D eigenvalue weighted by molar-refractivity contribution is 5.97. The lowest BCUT2D eigenvalue weighted by atomic mass is 10.1. The van der Waals surface area contributed by atoms with Crippen LogP contribution in [0.3, 0.4) is 0 Å². The molecule has 4 heteroatoms. The predicted molar refractivity (Wildman–Crippen MR) is 79.8 cm³/mol. The number of carbonyl (C=O) groups excluding carboxylic acids is 2. The third-order valence-electron chi connectivity index (χ3n) is 3.39. The zero-order valence-corrected chi connectivity index (χ0v) is 11.9. The summed E-state index contributed by atoms with van der Waals surface area (Å²) in [7, 11) is 0. The number of nitrogens with zero attached hydrogens (tertiary/aromatic N) is 1. The van der Waals surface area contributed by atoms with Gasteiger partial charge >= 0.3 is 0 Å². The second-order valence-corrected chi connectivity index (χ2v) is 5.10. The van der Waals surface area contributed by atoms with Crippen LogP contribution in [0.15, 0.2) is 30.5 Å². The molecular weight excluding hydrogens is 252 g/mol. The summed E-state index contributed by atoms with van der Waals surface area (Å²) in [5.74, 6) is -0.0239. The maximum Gasteiger partial charge on any atom is 0.240 e. The minimum atomic E-state index is -0.0239. The Kier molecular flexibility index (Phi) is 4.56. The van der Waals surface area contributed by atoms with E-state index in [1.54, 1.807) is 6.07 Å². The van der Waals surface area contributed by atoms with Crippen LogP contribution in [-0.2, 0) is 11.3 Å². The summed E-state index contributed by atoms with van der Waals surface area (Å²) in [5, 5.41) is 3.95. The van der Waals surface area contributed by atoms with Gasteiger partial charge in [-0.1, -0.05) is 25.5 Å². The Morgan fingerprint density at radius 3 is 2.90 bits per heavy atom. The molecule has 0 aliphatic rings. The van der Waals surface area contributed by atoms with E-state index >= 15 is 0 Å². The molecule has 0 saturated carbocycles. The molecule has 0 radical (unpaired) electrons. The van der Waals surface area contributed by atoms with Gasteiger partial charge in [0.1, 0.15) is 6.54 Å². The highest BCUT2D eigenvalue weighted by atomic mass is 16.2. The molecule has 1 unspecified atom stereocenters. The van der Waals surface area contributed by atoms with E-state index < -0.39 is 0 Å². The summed E-state index contributed by atoms with van der Waals surface area (Å²) in [6, 6.07) is 7.66. The van der Waals surface area contributed by atoms with Crippen LogP contribution in [0.5, 0.6) is 0 Å². The van der Waals surface area contributed by atoms with Crippen molar-refractivity contribution in [2.75, 3.05) is 0 Å². The van der Waals surface area contributed by atoms with Gasteiger partial charge in [0, 0.05) is 23.2 Å². The van der Waals surface area contributed by atoms with E-state index in [2.05, 4.69) is 12.2 Å². The van der Waals surface area contributed by atoms with Crippen LogP contribution in [0.2, 0.25) is 0 Å². The number of fused-ring (bicyclic) bond motifs is 1. The van der Waals surface area contributed by atoms with Crippen LogP contribution in [0, 0.1) is 0 Å². The van der Waals surface area contributed by atoms with Crippen LogP contribution in [0.25, 0.3) is 10.9 Å². The third-order valence-corrected chi connectivity index (χ3v) is 3.39. The number of nitrogens with one attached hydrogen (secondary N) is 1. The van der Waals surface area contributed by atoms with Gasteiger partial charge in [-0.2, -0.15) is 0 Å². The van der Waals surface area contributed by atoms with Crippen molar-refractivity contribution in [3.05, 3.63) is 36.0 Å². The Hall–Kier alpha value is -2.10. The summed E-state index contributed by atoms with van der Waals surface area (Å²) in [6.45, 7) is 4.34. The largest absolute Gasteiger partial charge is 0.352 e. The van der Waals surface area contributed by atoms with E-state index in [-0.39, 0.29) is 18.5 Å². The fourth-order valence-corrected chi connectivity index (χ4v) is 2.50. The Bertz CT molecular complexity index is 616. The van der Waals surface area contributed by atoms with E-state index in [0.29, 0.717) is 5.56 Å². The molecule has 2 aromatic rings. The maximum atomic E-state index is 12.0. The van der Waals surface area contributed by atoms with Crippen LogP contribution in [0.4, 0.5) is 0 Å². The second-order valence-electron chi connectivity index (χ2n) is 5.10. The molecular formula is C16H20N2O2. The van der Waals surface area contributed by atoms with Gasteiger partial charge in [-0.15, -0.1) is 0 Å². The van der Waals surface area contributed by atoms with Gasteiger partial charge in [-0.05, 0) is 25.5 Å². The van der Waals surface area contributed by atoms with Crippen LogP contribution < -0.4 is 5.32 Å². The molecule has 20 heavy (non-hydrogen) atoms. The van der Waals surface area contributed by atoms with Crippen molar-refractivity contribution in [2.24, 2.45) is 0 Å². The zero-order chi connectivity index (χ0) is 14.5. The van der Waals surface area contributed by atoms with Crippen molar-refractivity contribution in [1.82, 2.24) is 9.88 Å². The molecule has 0 bridgehead atoms. The summed E-state index contributed by atoms with van der Waals surface area (Å²) in [4.78, 5) is 23.1. The van der Waals surface area contributed by atoms with Gasteiger partial charge in [-0.25, -0.2) is 0 Å². The minimum Gasteiger partial charge on any atom is -0.352 e. The third kappa shape index (κ3) is 3.07. The first-order chi connectivity index (χ1) is 9.65. The number of aldehydes is 1. The molecule has 1 aromatic heterocycles. The number of amides is 1. The Morgan fingerprint density at radius 1 is 1.40 bits per heavy atom. The summed E-state index contributed by atoms with van der Waals surface area (Å²) in [5.41, 5.74) is 1.43. The van der Waals surface area contributed by atoms with Crippen LogP contribution in [0.1, 0.15) is 37.0 Å². The molecule has 1 aromatic carbocycles. The second kappa shape index (κ2) is 6.37. The minimum absolute atomic E-state index is 0.0239. The highest BCUT2D eigenvalue weighted by Gasteiger charge is 2.11. The topological polar surface area (TPSA) is 51.1 Å². The Labute approximate surface area is 118 Å². The molecule has 1 amide bonds. The monoisotopic (exact) mass is 272 g/mol. The number of carbonyl (C=O) groups is 2. The molecule has 4 nitrogen and oxygen atoms in total. The maximum absolute atomic E-state index is 12.0. The molecule has 106 valence electrons. The lowest BCUT2D eigenvalue weighted by Gasteiger charge is -2.13. The smallest absolute Gasteiger partial charge is 0.240 e. The van der Waals surface area contributed by atoms with Gasteiger partial charge in [-0.3, -0.25) is 9.59 Å². The molecule has 0 spiro atoms. The number of hydrogen-bond donors (Lipinski definition) is 1. The summed E-state index contributed by atoms with van der Waals surface area (Å²) >= 11 is 0. The average molecular weight is 272 g/mol. The van der Waals surface area contributed by atoms with E-state index in [1.165, 1.54) is 0 Å². The molecule has 2 rings (SSSR count). The molecule has 0 aliphatic heterocycles. The fraction of sp³-hybridized carbons (Fsp3) is 0.375. The standard InChI is InChI=1S/C16H20N2O2/c1-3-5-12(2)17-15(20)10-18-9-8-13-6-4-7-14(11-19)16(13)18/h4,6-9,11-12H,3,5,10H2,1-2H3,(H,17,20). The van der Waals surface area contributed by atoms with Gasteiger partial charge in [0.2, 0.25) is 5.91 Å². The number of rotatable bonds is 6. The zero-order valence-electron chi connectivity index (χ0n) is 11.9. The van der Waals surface area contributed by atoms with Crippen molar-refractivity contribution in [3.63, 3.8) is 0 Å². The van der Waals surface area contributed by atoms with Crippen molar-refractivity contribution in [3.8, 4) is 0 Å². The van der Waals surface area contributed by atoms with Crippen LogP contribution in [-0.4, -0.2) is 22.8 Å². The lowest BCUT2D eigenvalue weighted by molar-refractivity contribution is -0.122. The van der Waals surface area contributed by atoms with E-state index in [0.717, 1.165) is 30.0 Å². The molecule has 1 N–H and O–H groups in total. The van der Waals surface area contributed by atoms with E-state index in [1.807, 2.05) is 35.9 Å². The van der Waals surface area contributed by atoms with Crippen molar-refractivity contribution in [1.29, 1.82) is 0 Å². The van der Waals surface area contributed by atoms with Gasteiger partial charge in [0.15, 0.2) is 6.29 Å². The molecule has 0 saturated heterocycles. The molecule has 0 aliphatic carbocycles. The van der Waals surface area contributed by atoms with Gasteiger partial charge in [0.05, 0.1) is 5.52 Å². The van der Waals surface area contributed by atoms with Gasteiger partial charge in [0.25, 0.3) is 0 Å². The lowest BCUT2D eigenvalue weighted by Crippen LogP contribution is -2.34. The van der Waals surface area contributed by atoms with Crippen molar-refractivity contribution in [2.45, 2.75) is 39.3 Å². The fourth-order valence-electron chi connectivity index (χ4n) is 2.50. The number of aromatic nitrogens is 1. The number of para-hydroxylation sites is 1. The van der Waals surface area contributed by atoms with Crippen molar-refractivity contribution < 1.29 is 9.59 Å². The predicted octanol–water partition coefficient (Wildman–Crippen LogP) is 2.76. The normalized spacial score (nSPS) is 12.3. The molecule has 1 atom stereocenters. The Balaban J connectivity index is 2.17.